The number of amides is 1. The molecule has 0 unspecified atom stereocenters. The minimum atomic E-state index is -0.628. The summed E-state index contributed by atoms with van der Waals surface area (Å²) in [5.41, 5.74) is 1.40. The molecule has 6 heteroatoms. The van der Waals surface area contributed by atoms with Crippen molar-refractivity contribution in [1.82, 2.24) is 0 Å². The molecule has 0 bridgehead atoms. The van der Waals surface area contributed by atoms with Gasteiger partial charge < -0.3 is 14.5 Å². The molecule has 0 saturated heterocycles. The standard InChI is InChI=1S/C19H15NO5/c1-11-7-8-13-15(21)10-17(25-16(13)9-11)18(22)20-14-6-4-3-5-12(14)19(23)24-2/h3-10H,1-2H3,(H,20,22). The minimum Gasteiger partial charge on any atom is -0.465 e. The molecule has 1 aromatic heterocycles. The Morgan fingerprint density at radius 3 is 2.60 bits per heavy atom. The van der Waals surface area contributed by atoms with Crippen LogP contribution < -0.4 is 10.7 Å². The number of hydrogen-bond donors (Lipinski definition) is 1. The molecule has 2 aromatic carbocycles. The second-order valence-corrected chi connectivity index (χ2v) is 5.47. The second-order valence-electron chi connectivity index (χ2n) is 5.47. The number of carbonyl (C=O) groups is 2. The lowest BCUT2D eigenvalue weighted by atomic mass is 10.1. The summed E-state index contributed by atoms with van der Waals surface area (Å²) < 4.78 is 10.2. The van der Waals surface area contributed by atoms with Crippen molar-refractivity contribution >= 4 is 28.5 Å². The zero-order valence-corrected chi connectivity index (χ0v) is 13.7. The highest BCUT2D eigenvalue weighted by Crippen LogP contribution is 2.19. The van der Waals surface area contributed by atoms with Crippen molar-refractivity contribution in [2.24, 2.45) is 0 Å². The van der Waals surface area contributed by atoms with Gasteiger partial charge in [-0.2, -0.15) is 0 Å². The van der Waals surface area contributed by atoms with Crippen molar-refractivity contribution in [1.29, 1.82) is 0 Å². The molecule has 0 saturated carbocycles. The lowest BCUT2D eigenvalue weighted by Gasteiger charge is -2.09. The molecular weight excluding hydrogens is 322 g/mol. The average Bonchev–Trinajstić information content (AvgIpc) is 2.61. The second kappa shape index (κ2) is 6.60. The Balaban J connectivity index is 1.99. The third-order valence-electron chi connectivity index (χ3n) is 3.69. The lowest BCUT2D eigenvalue weighted by molar-refractivity contribution is 0.0602. The number of ether oxygens (including phenoxy) is 1. The molecule has 1 amide bonds. The smallest absolute Gasteiger partial charge is 0.339 e. The van der Waals surface area contributed by atoms with E-state index in [1.165, 1.54) is 13.2 Å². The molecule has 1 heterocycles. The Morgan fingerprint density at radius 2 is 1.84 bits per heavy atom. The number of hydrogen-bond acceptors (Lipinski definition) is 5. The minimum absolute atomic E-state index is 0.136. The SMILES string of the molecule is COC(=O)c1ccccc1NC(=O)c1cc(=O)c2ccc(C)cc2o1. The van der Waals surface area contributed by atoms with Crippen LogP contribution in [0.1, 0.15) is 26.5 Å². The summed E-state index contributed by atoms with van der Waals surface area (Å²) in [6.07, 6.45) is 0. The molecule has 1 N–H and O–H groups in total. The number of anilines is 1. The predicted molar refractivity (Wildman–Crippen MR) is 93.0 cm³/mol. The summed E-state index contributed by atoms with van der Waals surface area (Å²) in [5, 5.41) is 2.98. The summed E-state index contributed by atoms with van der Waals surface area (Å²) in [6, 6.07) is 12.7. The van der Waals surface area contributed by atoms with Crippen LogP contribution in [0.3, 0.4) is 0 Å². The van der Waals surface area contributed by atoms with E-state index in [-0.39, 0.29) is 22.4 Å². The van der Waals surface area contributed by atoms with Gasteiger partial charge in [0.1, 0.15) is 5.58 Å². The fourth-order valence-electron chi connectivity index (χ4n) is 2.44. The monoisotopic (exact) mass is 337 g/mol. The van der Waals surface area contributed by atoms with Crippen molar-refractivity contribution in [3.05, 3.63) is 75.6 Å². The van der Waals surface area contributed by atoms with E-state index in [0.717, 1.165) is 11.6 Å². The normalized spacial score (nSPS) is 10.5. The predicted octanol–water partition coefficient (Wildman–Crippen LogP) is 3.14. The molecule has 0 radical (unpaired) electrons. The number of nitrogens with one attached hydrogen (secondary N) is 1. The van der Waals surface area contributed by atoms with E-state index in [0.29, 0.717) is 11.0 Å². The van der Waals surface area contributed by atoms with Crippen LogP contribution in [0.2, 0.25) is 0 Å². The number of methoxy groups -OCH3 is 1. The Hall–Kier alpha value is -3.41. The quantitative estimate of drug-likeness (QED) is 0.742. The van der Waals surface area contributed by atoms with Gasteiger partial charge in [-0.15, -0.1) is 0 Å². The number of rotatable bonds is 3. The van der Waals surface area contributed by atoms with E-state index in [9.17, 15) is 14.4 Å². The van der Waals surface area contributed by atoms with Gasteiger partial charge in [0.15, 0.2) is 11.2 Å². The molecule has 25 heavy (non-hydrogen) atoms. The van der Waals surface area contributed by atoms with Gasteiger partial charge in [0, 0.05) is 6.07 Å². The maximum absolute atomic E-state index is 12.5. The van der Waals surface area contributed by atoms with Crippen LogP contribution in [0.25, 0.3) is 11.0 Å². The van der Waals surface area contributed by atoms with Gasteiger partial charge in [0.25, 0.3) is 5.91 Å². The third kappa shape index (κ3) is 3.28. The van der Waals surface area contributed by atoms with E-state index in [1.807, 2.05) is 6.92 Å². The fourth-order valence-corrected chi connectivity index (χ4v) is 2.44. The third-order valence-corrected chi connectivity index (χ3v) is 3.69. The van der Waals surface area contributed by atoms with Gasteiger partial charge in [0.05, 0.1) is 23.7 Å². The Bertz CT molecular complexity index is 1040. The first-order valence-corrected chi connectivity index (χ1v) is 7.53. The van der Waals surface area contributed by atoms with Crippen LogP contribution >= 0.6 is 0 Å². The highest BCUT2D eigenvalue weighted by atomic mass is 16.5. The Morgan fingerprint density at radius 1 is 1.08 bits per heavy atom. The number of para-hydroxylation sites is 1. The molecule has 6 nitrogen and oxygen atoms in total. The van der Waals surface area contributed by atoms with Crippen LogP contribution in [0.15, 0.2) is 57.7 Å². The summed E-state index contributed by atoms with van der Waals surface area (Å²) in [6.45, 7) is 1.86. The van der Waals surface area contributed by atoms with Crippen molar-refractivity contribution in [3.63, 3.8) is 0 Å². The van der Waals surface area contributed by atoms with Crippen molar-refractivity contribution in [2.75, 3.05) is 12.4 Å². The van der Waals surface area contributed by atoms with Crippen LogP contribution in [-0.4, -0.2) is 19.0 Å². The van der Waals surface area contributed by atoms with Gasteiger partial charge in [-0.05, 0) is 36.8 Å². The van der Waals surface area contributed by atoms with E-state index in [2.05, 4.69) is 5.32 Å². The van der Waals surface area contributed by atoms with Crippen molar-refractivity contribution in [2.45, 2.75) is 6.92 Å². The molecule has 126 valence electrons. The highest BCUT2D eigenvalue weighted by molar-refractivity contribution is 6.07. The van der Waals surface area contributed by atoms with Crippen molar-refractivity contribution in [3.8, 4) is 0 Å². The summed E-state index contributed by atoms with van der Waals surface area (Å²) in [5.74, 6) is -1.34. The molecule has 0 spiro atoms. The molecule has 0 aliphatic rings. The lowest BCUT2D eigenvalue weighted by Crippen LogP contribution is -2.17. The molecule has 3 rings (SSSR count). The van der Waals surface area contributed by atoms with Gasteiger partial charge in [-0.25, -0.2) is 4.79 Å². The first-order chi connectivity index (χ1) is 12.0. The van der Waals surface area contributed by atoms with E-state index in [4.69, 9.17) is 9.15 Å². The summed E-state index contributed by atoms with van der Waals surface area (Å²) >= 11 is 0. The fraction of sp³-hybridized carbons (Fsp3) is 0.105. The van der Waals surface area contributed by atoms with Gasteiger partial charge in [-0.3, -0.25) is 9.59 Å². The number of esters is 1. The number of carbonyl (C=O) groups excluding carboxylic acids is 2. The number of benzene rings is 2. The Kier molecular flexibility index (Phi) is 4.35. The van der Waals surface area contributed by atoms with E-state index in [1.54, 1.807) is 36.4 Å². The largest absolute Gasteiger partial charge is 0.465 e. The molecular formula is C19H15NO5. The van der Waals surface area contributed by atoms with Gasteiger partial charge in [0.2, 0.25) is 0 Å². The van der Waals surface area contributed by atoms with Crippen LogP contribution in [0.5, 0.6) is 0 Å². The number of fused-ring (bicyclic) bond motifs is 1. The van der Waals surface area contributed by atoms with Crippen LogP contribution in [-0.2, 0) is 4.74 Å². The van der Waals surface area contributed by atoms with E-state index >= 15 is 0 Å². The van der Waals surface area contributed by atoms with E-state index < -0.39 is 11.9 Å². The molecule has 0 aliphatic heterocycles. The summed E-state index contributed by atoms with van der Waals surface area (Å²) in [7, 11) is 1.26. The molecule has 0 atom stereocenters. The average molecular weight is 337 g/mol. The molecule has 0 fully saturated rings. The maximum atomic E-state index is 12.5. The Labute approximate surface area is 143 Å². The zero-order valence-electron chi connectivity index (χ0n) is 13.7. The number of aryl methyl sites for hydroxylation is 1. The summed E-state index contributed by atoms with van der Waals surface area (Å²) in [4.78, 5) is 36.4. The topological polar surface area (TPSA) is 85.6 Å². The van der Waals surface area contributed by atoms with Gasteiger partial charge >= 0.3 is 5.97 Å². The molecule has 3 aromatic rings. The maximum Gasteiger partial charge on any atom is 0.339 e. The van der Waals surface area contributed by atoms with Crippen molar-refractivity contribution < 1.29 is 18.7 Å². The first-order valence-electron chi connectivity index (χ1n) is 7.53. The highest BCUT2D eigenvalue weighted by Gasteiger charge is 2.17. The van der Waals surface area contributed by atoms with Crippen LogP contribution in [0.4, 0.5) is 5.69 Å². The molecule has 0 aliphatic carbocycles. The first kappa shape index (κ1) is 16.4. The zero-order chi connectivity index (χ0) is 18.0. The van der Waals surface area contributed by atoms with Crippen LogP contribution in [0, 0.1) is 6.92 Å². The van der Waals surface area contributed by atoms with Gasteiger partial charge in [-0.1, -0.05) is 18.2 Å².